The molecule has 0 fully saturated rings. The molecule has 8 heteroatoms. The molecule has 1 aromatic rings. The Hall–Kier alpha value is -2.29. The Labute approximate surface area is 158 Å². The normalized spacial score (nSPS) is 21.1. The molecule has 0 spiro atoms. The third-order valence-electron chi connectivity index (χ3n) is 4.86. The molecular formula is C19H27N3O5. The van der Waals surface area contributed by atoms with Gasteiger partial charge < -0.3 is 15.9 Å². The molecule has 0 aliphatic carbocycles. The SMILES string of the molecule is C[C@H](NC(CCCCN)C(=O)O)C(=O)C1NC(C(=O)O)Cc2ccccc21. The fraction of sp³-hybridized carbons (Fsp3) is 0.526. The second kappa shape index (κ2) is 9.59. The number of hydrogen-bond donors (Lipinski definition) is 5. The maximum absolute atomic E-state index is 13.0. The number of unbranched alkanes of at least 4 members (excludes halogenated alkanes) is 1. The van der Waals surface area contributed by atoms with Crippen LogP contribution in [0.1, 0.15) is 43.4 Å². The number of ketones is 1. The zero-order valence-corrected chi connectivity index (χ0v) is 15.4. The van der Waals surface area contributed by atoms with E-state index in [4.69, 9.17) is 5.73 Å². The lowest BCUT2D eigenvalue weighted by molar-refractivity contribution is -0.140. The Kier molecular flexibility index (Phi) is 7.46. The van der Waals surface area contributed by atoms with Crippen molar-refractivity contribution in [1.29, 1.82) is 0 Å². The van der Waals surface area contributed by atoms with Gasteiger partial charge in [0, 0.05) is 0 Å². The van der Waals surface area contributed by atoms with Gasteiger partial charge in [-0.25, -0.2) is 0 Å². The smallest absolute Gasteiger partial charge is 0.321 e. The molecule has 0 saturated carbocycles. The van der Waals surface area contributed by atoms with Crippen molar-refractivity contribution >= 4 is 17.7 Å². The third kappa shape index (κ3) is 5.35. The van der Waals surface area contributed by atoms with Crippen LogP contribution in [0.2, 0.25) is 0 Å². The minimum absolute atomic E-state index is 0.279. The van der Waals surface area contributed by atoms with Gasteiger partial charge in [0.25, 0.3) is 0 Å². The summed E-state index contributed by atoms with van der Waals surface area (Å²) in [4.78, 5) is 35.9. The van der Waals surface area contributed by atoms with Crippen LogP contribution in [0, 0.1) is 0 Å². The standard InChI is InChI=1S/C19H27N3O5/c1-11(21-14(18(24)25)8-4-5-9-20)17(23)16-13-7-3-2-6-12(13)10-15(22-16)19(26)27/h2-3,6-7,11,14-16,21-22H,4-5,8-10,20H2,1H3,(H,24,25)(H,26,27)/t11-,14?,15?,16?/m0/s1. The monoisotopic (exact) mass is 377 g/mol. The van der Waals surface area contributed by atoms with Crippen LogP contribution in [0.3, 0.4) is 0 Å². The van der Waals surface area contributed by atoms with Crippen molar-refractivity contribution in [2.24, 2.45) is 5.73 Å². The molecule has 0 bridgehead atoms. The number of rotatable bonds is 10. The van der Waals surface area contributed by atoms with Crippen LogP contribution < -0.4 is 16.4 Å². The minimum atomic E-state index is -1.02. The fourth-order valence-electron chi connectivity index (χ4n) is 3.37. The number of nitrogens with one attached hydrogen (secondary N) is 2. The number of aliphatic carboxylic acids is 2. The Balaban J connectivity index is 2.14. The quantitative estimate of drug-likeness (QED) is 0.370. The second-order valence-electron chi connectivity index (χ2n) is 6.86. The van der Waals surface area contributed by atoms with E-state index in [9.17, 15) is 24.6 Å². The van der Waals surface area contributed by atoms with Gasteiger partial charge in [0.1, 0.15) is 12.1 Å². The van der Waals surface area contributed by atoms with Gasteiger partial charge in [0.15, 0.2) is 5.78 Å². The van der Waals surface area contributed by atoms with Crippen LogP contribution >= 0.6 is 0 Å². The zero-order valence-electron chi connectivity index (χ0n) is 15.4. The highest BCUT2D eigenvalue weighted by Crippen LogP contribution is 2.27. The highest BCUT2D eigenvalue weighted by molar-refractivity contribution is 5.92. The summed E-state index contributed by atoms with van der Waals surface area (Å²) >= 11 is 0. The molecule has 2 rings (SSSR count). The fourth-order valence-corrected chi connectivity index (χ4v) is 3.37. The maximum atomic E-state index is 13.0. The average molecular weight is 377 g/mol. The molecule has 0 saturated heterocycles. The van der Waals surface area contributed by atoms with E-state index < -0.39 is 36.1 Å². The highest BCUT2D eigenvalue weighted by atomic mass is 16.4. The Bertz CT molecular complexity index is 694. The third-order valence-corrected chi connectivity index (χ3v) is 4.86. The van der Waals surface area contributed by atoms with Gasteiger partial charge in [0.05, 0.1) is 12.1 Å². The van der Waals surface area contributed by atoms with Gasteiger partial charge >= 0.3 is 11.9 Å². The van der Waals surface area contributed by atoms with Crippen molar-refractivity contribution in [2.75, 3.05) is 6.54 Å². The number of fused-ring (bicyclic) bond motifs is 1. The van der Waals surface area contributed by atoms with Crippen LogP contribution in [-0.2, 0) is 20.8 Å². The number of benzene rings is 1. The second-order valence-corrected chi connectivity index (χ2v) is 6.86. The van der Waals surface area contributed by atoms with Crippen LogP contribution in [0.15, 0.2) is 24.3 Å². The lowest BCUT2D eigenvalue weighted by atomic mass is 9.86. The summed E-state index contributed by atoms with van der Waals surface area (Å²) in [6, 6.07) is 3.96. The predicted octanol–water partition coefficient (Wildman–Crippen LogP) is 0.456. The van der Waals surface area contributed by atoms with E-state index >= 15 is 0 Å². The van der Waals surface area contributed by atoms with E-state index in [0.717, 1.165) is 11.1 Å². The summed E-state index contributed by atoms with van der Waals surface area (Å²) in [7, 11) is 0. The van der Waals surface area contributed by atoms with Crippen molar-refractivity contribution in [3.63, 3.8) is 0 Å². The molecule has 0 aromatic heterocycles. The number of carboxylic acids is 2. The van der Waals surface area contributed by atoms with Crippen LogP contribution in [-0.4, -0.2) is 52.6 Å². The minimum Gasteiger partial charge on any atom is -0.480 e. The molecule has 1 aromatic carbocycles. The lowest BCUT2D eigenvalue weighted by Gasteiger charge is -2.32. The lowest BCUT2D eigenvalue weighted by Crippen LogP contribution is -2.53. The molecule has 4 atom stereocenters. The van der Waals surface area contributed by atoms with Gasteiger partial charge in [0.2, 0.25) is 0 Å². The largest absolute Gasteiger partial charge is 0.480 e. The van der Waals surface area contributed by atoms with Crippen LogP contribution in [0.4, 0.5) is 0 Å². The predicted molar refractivity (Wildman–Crippen MR) is 99.4 cm³/mol. The highest BCUT2D eigenvalue weighted by Gasteiger charge is 2.36. The number of nitrogens with two attached hydrogens (primary N) is 1. The summed E-state index contributed by atoms with van der Waals surface area (Å²) < 4.78 is 0. The summed E-state index contributed by atoms with van der Waals surface area (Å²) in [5.74, 6) is -2.32. The van der Waals surface area contributed by atoms with Gasteiger partial charge in [-0.15, -0.1) is 0 Å². The molecule has 1 aliphatic rings. The molecule has 1 heterocycles. The number of carbonyl (C=O) groups is 3. The molecule has 148 valence electrons. The van der Waals surface area contributed by atoms with Gasteiger partial charge in [-0.1, -0.05) is 30.7 Å². The Morgan fingerprint density at radius 1 is 1.26 bits per heavy atom. The van der Waals surface area contributed by atoms with Crippen molar-refractivity contribution in [3.05, 3.63) is 35.4 Å². The van der Waals surface area contributed by atoms with Crippen molar-refractivity contribution < 1.29 is 24.6 Å². The molecule has 1 aliphatic heterocycles. The van der Waals surface area contributed by atoms with Gasteiger partial charge in [-0.3, -0.25) is 25.0 Å². The number of carbonyl (C=O) groups excluding carboxylic acids is 1. The van der Waals surface area contributed by atoms with Gasteiger partial charge in [-0.2, -0.15) is 0 Å². The van der Waals surface area contributed by atoms with E-state index in [2.05, 4.69) is 10.6 Å². The van der Waals surface area contributed by atoms with Crippen LogP contribution in [0.5, 0.6) is 0 Å². The number of Topliss-reactive ketones (excluding diaryl/α,β-unsaturated/α-hetero) is 1. The summed E-state index contributed by atoms with van der Waals surface area (Å²) in [6.07, 6.45) is 2.03. The topological polar surface area (TPSA) is 142 Å². The van der Waals surface area contributed by atoms with Crippen molar-refractivity contribution in [2.45, 2.75) is 56.8 Å². The molecule has 0 amide bonds. The number of hydrogen-bond acceptors (Lipinski definition) is 6. The van der Waals surface area contributed by atoms with E-state index in [1.54, 1.807) is 19.1 Å². The molecule has 3 unspecified atom stereocenters. The Morgan fingerprint density at radius 2 is 1.96 bits per heavy atom. The summed E-state index contributed by atoms with van der Waals surface area (Å²) in [5.41, 5.74) is 6.99. The van der Waals surface area contributed by atoms with Crippen LogP contribution in [0.25, 0.3) is 0 Å². The summed E-state index contributed by atoms with van der Waals surface area (Å²) in [5, 5.41) is 24.5. The molecule has 27 heavy (non-hydrogen) atoms. The summed E-state index contributed by atoms with van der Waals surface area (Å²) in [6.45, 7) is 2.09. The molecular weight excluding hydrogens is 350 g/mol. The molecule has 0 radical (unpaired) electrons. The van der Waals surface area contributed by atoms with Gasteiger partial charge in [-0.05, 0) is 43.9 Å². The zero-order chi connectivity index (χ0) is 20.0. The first-order valence-electron chi connectivity index (χ1n) is 9.14. The van der Waals surface area contributed by atoms with E-state index in [0.29, 0.717) is 32.2 Å². The van der Waals surface area contributed by atoms with E-state index in [1.807, 2.05) is 12.1 Å². The van der Waals surface area contributed by atoms with E-state index in [-0.39, 0.29) is 5.78 Å². The first kappa shape index (κ1) is 21.0. The van der Waals surface area contributed by atoms with Crippen molar-refractivity contribution in [1.82, 2.24) is 10.6 Å². The number of carboxylic acid groups (broad SMARTS) is 2. The first-order valence-corrected chi connectivity index (χ1v) is 9.14. The average Bonchev–Trinajstić information content (AvgIpc) is 2.65. The maximum Gasteiger partial charge on any atom is 0.321 e. The Morgan fingerprint density at radius 3 is 2.59 bits per heavy atom. The first-order chi connectivity index (χ1) is 12.8. The molecule has 8 nitrogen and oxygen atoms in total. The van der Waals surface area contributed by atoms with E-state index in [1.165, 1.54) is 0 Å². The molecule has 6 N–H and O–H groups in total. The van der Waals surface area contributed by atoms with Crippen molar-refractivity contribution in [3.8, 4) is 0 Å².